The number of amides is 1. The summed E-state index contributed by atoms with van der Waals surface area (Å²) >= 11 is 0. The van der Waals surface area contributed by atoms with Gasteiger partial charge in [-0.15, -0.1) is 0 Å². The highest BCUT2D eigenvalue weighted by atomic mass is 32.2. The number of fused-ring (bicyclic) bond motifs is 1. The van der Waals surface area contributed by atoms with E-state index in [0.717, 1.165) is 48.4 Å². The molecule has 2 aromatic carbocycles. The number of anilines is 2. The maximum atomic E-state index is 13.4. The number of nitrogens with zero attached hydrogens (tertiary/aromatic N) is 2. The van der Waals surface area contributed by atoms with Gasteiger partial charge < -0.3 is 15.0 Å². The van der Waals surface area contributed by atoms with Gasteiger partial charge in [-0.2, -0.15) is 4.31 Å². The topological polar surface area (TPSA) is 79.0 Å². The Morgan fingerprint density at radius 2 is 1.72 bits per heavy atom. The van der Waals surface area contributed by atoms with Gasteiger partial charge in [0.1, 0.15) is 5.75 Å². The smallest absolute Gasteiger partial charge is 0.243 e. The Labute approximate surface area is 189 Å². The van der Waals surface area contributed by atoms with Crippen LogP contribution in [0.25, 0.3) is 0 Å². The molecule has 1 saturated carbocycles. The number of piperazine rings is 1. The predicted molar refractivity (Wildman–Crippen MR) is 124 cm³/mol. The molecule has 1 atom stereocenters. The molecule has 3 aliphatic rings. The lowest BCUT2D eigenvalue weighted by atomic mass is 9.86. The highest BCUT2D eigenvalue weighted by Crippen LogP contribution is 2.45. The van der Waals surface area contributed by atoms with E-state index in [2.05, 4.69) is 10.2 Å². The fourth-order valence-electron chi connectivity index (χ4n) is 5.39. The van der Waals surface area contributed by atoms with Crippen LogP contribution in [0.5, 0.6) is 5.75 Å². The zero-order valence-corrected chi connectivity index (χ0v) is 19.1. The van der Waals surface area contributed by atoms with E-state index in [1.807, 2.05) is 24.3 Å². The lowest BCUT2D eigenvalue weighted by Crippen LogP contribution is -2.48. The van der Waals surface area contributed by atoms with Crippen molar-refractivity contribution in [2.75, 3.05) is 43.5 Å². The Balaban J connectivity index is 1.35. The van der Waals surface area contributed by atoms with Crippen LogP contribution in [0.4, 0.5) is 11.4 Å². The average Bonchev–Trinajstić information content (AvgIpc) is 3.45. The van der Waals surface area contributed by atoms with Crippen LogP contribution < -0.4 is 15.0 Å². The lowest BCUT2D eigenvalue weighted by molar-refractivity contribution is -0.118. The third-order valence-corrected chi connectivity index (χ3v) is 8.97. The molecule has 1 saturated heterocycles. The number of para-hydroxylation sites is 2. The van der Waals surface area contributed by atoms with Gasteiger partial charge in [0, 0.05) is 31.9 Å². The molecular weight excluding hydrogens is 426 g/mol. The largest absolute Gasteiger partial charge is 0.495 e. The van der Waals surface area contributed by atoms with E-state index < -0.39 is 10.0 Å². The van der Waals surface area contributed by atoms with Crippen LogP contribution in [0.15, 0.2) is 47.4 Å². The van der Waals surface area contributed by atoms with Gasteiger partial charge in [-0.05, 0) is 54.7 Å². The van der Waals surface area contributed by atoms with Gasteiger partial charge in [0.15, 0.2) is 0 Å². The van der Waals surface area contributed by atoms with Crippen LogP contribution in [-0.4, -0.2) is 51.9 Å². The van der Waals surface area contributed by atoms with Gasteiger partial charge in [0.2, 0.25) is 15.9 Å². The van der Waals surface area contributed by atoms with Crippen molar-refractivity contribution in [3.8, 4) is 5.75 Å². The molecule has 1 N–H and O–H groups in total. The number of rotatable bonds is 5. The fourth-order valence-corrected chi connectivity index (χ4v) is 6.85. The third kappa shape index (κ3) is 3.65. The summed E-state index contributed by atoms with van der Waals surface area (Å²) in [7, 11) is -1.99. The standard InChI is InChI=1S/C24H29N3O4S/c1-31-22-9-5-4-8-21(22)26-12-14-27(15-13-26)32(29,30)18-10-11-20-19(16-18)23(24(28)25-20)17-6-2-3-7-17/h4-5,8-11,16-17,23H,2-3,6-7,12-15H2,1H3,(H,25,28). The van der Waals surface area contributed by atoms with Gasteiger partial charge >= 0.3 is 0 Å². The molecule has 8 heteroatoms. The van der Waals surface area contributed by atoms with E-state index >= 15 is 0 Å². The molecule has 1 unspecified atom stereocenters. The Bertz CT molecular complexity index is 1120. The van der Waals surface area contributed by atoms with Crippen LogP contribution in [-0.2, 0) is 14.8 Å². The summed E-state index contributed by atoms with van der Waals surface area (Å²) in [5, 5.41) is 2.95. The zero-order valence-electron chi connectivity index (χ0n) is 18.3. The van der Waals surface area contributed by atoms with E-state index in [1.165, 1.54) is 0 Å². The number of sulfonamides is 1. The maximum Gasteiger partial charge on any atom is 0.243 e. The first-order chi connectivity index (χ1) is 15.5. The number of methoxy groups -OCH3 is 1. The summed E-state index contributed by atoms with van der Waals surface area (Å²) in [5.41, 5.74) is 2.58. The second-order valence-electron chi connectivity index (χ2n) is 8.82. The number of benzene rings is 2. The first-order valence-electron chi connectivity index (χ1n) is 11.3. The Hall–Kier alpha value is -2.58. The lowest BCUT2D eigenvalue weighted by Gasteiger charge is -2.36. The monoisotopic (exact) mass is 455 g/mol. The summed E-state index contributed by atoms with van der Waals surface area (Å²) < 4.78 is 33.9. The molecule has 1 aliphatic carbocycles. The van der Waals surface area contributed by atoms with Crippen molar-refractivity contribution in [3.63, 3.8) is 0 Å². The number of nitrogens with one attached hydrogen (secondary N) is 1. The van der Waals surface area contributed by atoms with Crippen LogP contribution in [0.3, 0.4) is 0 Å². The predicted octanol–water partition coefficient (Wildman–Crippen LogP) is 3.43. The molecule has 2 fully saturated rings. The highest BCUT2D eigenvalue weighted by Gasteiger charge is 2.39. The molecule has 2 heterocycles. The average molecular weight is 456 g/mol. The van der Waals surface area contributed by atoms with E-state index in [4.69, 9.17) is 4.74 Å². The van der Waals surface area contributed by atoms with Crippen molar-refractivity contribution in [1.29, 1.82) is 0 Å². The number of ether oxygens (including phenoxy) is 1. The van der Waals surface area contributed by atoms with Crippen LogP contribution in [0.1, 0.15) is 37.2 Å². The molecule has 0 aromatic heterocycles. The summed E-state index contributed by atoms with van der Waals surface area (Å²) in [5.74, 6) is 0.869. The van der Waals surface area contributed by atoms with Gasteiger partial charge in [0.25, 0.3) is 0 Å². The molecule has 5 rings (SSSR count). The highest BCUT2D eigenvalue weighted by molar-refractivity contribution is 7.89. The van der Waals surface area contributed by atoms with E-state index in [-0.39, 0.29) is 16.7 Å². The number of carbonyl (C=O) groups is 1. The van der Waals surface area contributed by atoms with Crippen molar-refractivity contribution in [2.24, 2.45) is 5.92 Å². The van der Waals surface area contributed by atoms with E-state index in [9.17, 15) is 13.2 Å². The molecule has 0 radical (unpaired) electrons. The Kier molecular flexibility index (Phi) is 5.59. The van der Waals surface area contributed by atoms with Gasteiger partial charge in [-0.1, -0.05) is 25.0 Å². The number of hydrogen-bond acceptors (Lipinski definition) is 5. The Morgan fingerprint density at radius 3 is 2.44 bits per heavy atom. The van der Waals surface area contributed by atoms with Crippen molar-refractivity contribution >= 4 is 27.3 Å². The molecular formula is C24H29N3O4S. The molecule has 1 amide bonds. The minimum absolute atomic E-state index is 0.00636. The summed E-state index contributed by atoms with van der Waals surface area (Å²) in [6, 6.07) is 12.9. The zero-order chi connectivity index (χ0) is 22.3. The normalized spacial score (nSPS) is 22.1. The first-order valence-corrected chi connectivity index (χ1v) is 12.8. The molecule has 0 spiro atoms. The quantitative estimate of drug-likeness (QED) is 0.747. The van der Waals surface area contributed by atoms with Gasteiger partial charge in [-0.3, -0.25) is 4.79 Å². The minimum atomic E-state index is -3.63. The first kappa shape index (κ1) is 21.3. The van der Waals surface area contributed by atoms with Crippen LogP contribution in [0, 0.1) is 5.92 Å². The summed E-state index contributed by atoms with van der Waals surface area (Å²) in [4.78, 5) is 15.1. The maximum absolute atomic E-state index is 13.4. The molecule has 170 valence electrons. The fraction of sp³-hybridized carbons (Fsp3) is 0.458. The number of carbonyl (C=O) groups excluding carboxylic acids is 1. The molecule has 0 bridgehead atoms. The van der Waals surface area contributed by atoms with Crippen LogP contribution in [0.2, 0.25) is 0 Å². The molecule has 32 heavy (non-hydrogen) atoms. The Morgan fingerprint density at radius 1 is 1.00 bits per heavy atom. The summed E-state index contributed by atoms with van der Waals surface area (Å²) in [6.07, 6.45) is 4.33. The summed E-state index contributed by atoms with van der Waals surface area (Å²) in [6.45, 7) is 1.99. The minimum Gasteiger partial charge on any atom is -0.495 e. The van der Waals surface area contributed by atoms with E-state index in [0.29, 0.717) is 32.1 Å². The second-order valence-corrected chi connectivity index (χ2v) is 10.8. The van der Waals surface area contributed by atoms with Gasteiger partial charge in [0.05, 0.1) is 23.6 Å². The second kappa shape index (κ2) is 8.41. The van der Waals surface area contributed by atoms with E-state index in [1.54, 1.807) is 29.6 Å². The molecule has 7 nitrogen and oxygen atoms in total. The van der Waals surface area contributed by atoms with Crippen molar-refractivity contribution in [1.82, 2.24) is 4.31 Å². The third-order valence-electron chi connectivity index (χ3n) is 7.07. The number of hydrogen-bond donors (Lipinski definition) is 1. The van der Waals surface area contributed by atoms with Gasteiger partial charge in [-0.25, -0.2) is 8.42 Å². The molecule has 2 aromatic rings. The van der Waals surface area contributed by atoms with Crippen molar-refractivity contribution in [2.45, 2.75) is 36.5 Å². The molecule has 2 aliphatic heterocycles. The van der Waals surface area contributed by atoms with Crippen molar-refractivity contribution < 1.29 is 17.9 Å². The SMILES string of the molecule is COc1ccccc1N1CCN(S(=O)(=O)c2ccc3c(c2)C(C2CCCC2)C(=O)N3)CC1. The van der Waals surface area contributed by atoms with Crippen LogP contribution >= 0.6 is 0 Å². The van der Waals surface area contributed by atoms with Crippen molar-refractivity contribution in [3.05, 3.63) is 48.0 Å².